The van der Waals surface area contributed by atoms with Gasteiger partial charge in [0.1, 0.15) is 0 Å². The molecule has 0 amide bonds. The van der Waals surface area contributed by atoms with Gasteiger partial charge in [-0.3, -0.25) is 4.90 Å². The van der Waals surface area contributed by atoms with E-state index in [0.717, 1.165) is 13.1 Å². The van der Waals surface area contributed by atoms with Gasteiger partial charge < -0.3 is 5.32 Å². The van der Waals surface area contributed by atoms with Crippen molar-refractivity contribution in [3.05, 3.63) is 35.9 Å². The van der Waals surface area contributed by atoms with E-state index in [9.17, 15) is 0 Å². The van der Waals surface area contributed by atoms with Crippen LogP contribution in [0.3, 0.4) is 0 Å². The highest BCUT2D eigenvalue weighted by Gasteiger charge is 2.32. The SMILES string of the molecule is CCSCCN1CC(C)(c2ccccc2)NCCC1C. The highest BCUT2D eigenvalue weighted by Crippen LogP contribution is 2.26. The number of benzene rings is 1. The van der Waals surface area contributed by atoms with Crippen molar-refractivity contribution in [3.63, 3.8) is 0 Å². The van der Waals surface area contributed by atoms with Crippen LogP contribution in [0.5, 0.6) is 0 Å². The van der Waals surface area contributed by atoms with Crippen LogP contribution in [0.2, 0.25) is 0 Å². The molecule has 1 fully saturated rings. The van der Waals surface area contributed by atoms with Gasteiger partial charge in [0.05, 0.1) is 5.54 Å². The van der Waals surface area contributed by atoms with E-state index in [4.69, 9.17) is 0 Å². The zero-order valence-electron chi connectivity index (χ0n) is 13.1. The molecule has 1 aliphatic rings. The van der Waals surface area contributed by atoms with E-state index >= 15 is 0 Å². The predicted octanol–water partition coefficient (Wildman–Crippen LogP) is 3.34. The van der Waals surface area contributed by atoms with Crippen molar-refractivity contribution in [1.82, 2.24) is 10.2 Å². The van der Waals surface area contributed by atoms with Crippen molar-refractivity contribution in [3.8, 4) is 0 Å². The van der Waals surface area contributed by atoms with Crippen LogP contribution in [0, 0.1) is 0 Å². The van der Waals surface area contributed by atoms with Gasteiger partial charge in [-0.15, -0.1) is 0 Å². The third kappa shape index (κ3) is 4.00. The van der Waals surface area contributed by atoms with Crippen LogP contribution in [0.25, 0.3) is 0 Å². The van der Waals surface area contributed by atoms with Gasteiger partial charge in [0.2, 0.25) is 0 Å². The van der Waals surface area contributed by atoms with Gasteiger partial charge in [-0.2, -0.15) is 11.8 Å². The molecule has 0 aliphatic carbocycles. The monoisotopic (exact) mass is 292 g/mol. The van der Waals surface area contributed by atoms with E-state index in [1.54, 1.807) is 0 Å². The average Bonchev–Trinajstić information content (AvgIpc) is 2.61. The molecule has 2 rings (SSSR count). The van der Waals surface area contributed by atoms with E-state index in [1.165, 1.54) is 30.0 Å². The quantitative estimate of drug-likeness (QED) is 0.838. The largest absolute Gasteiger partial charge is 0.306 e. The summed E-state index contributed by atoms with van der Waals surface area (Å²) in [4.78, 5) is 2.66. The topological polar surface area (TPSA) is 15.3 Å². The lowest BCUT2D eigenvalue weighted by molar-refractivity contribution is 0.184. The van der Waals surface area contributed by atoms with Crippen LogP contribution in [0.1, 0.15) is 32.8 Å². The zero-order valence-corrected chi connectivity index (χ0v) is 13.9. The summed E-state index contributed by atoms with van der Waals surface area (Å²) in [5, 5.41) is 3.78. The highest BCUT2D eigenvalue weighted by molar-refractivity contribution is 7.99. The van der Waals surface area contributed by atoms with Crippen LogP contribution in [0.4, 0.5) is 0 Å². The van der Waals surface area contributed by atoms with Gasteiger partial charge in [0.15, 0.2) is 0 Å². The molecule has 2 atom stereocenters. The minimum atomic E-state index is 0.0723. The molecule has 2 nitrogen and oxygen atoms in total. The van der Waals surface area contributed by atoms with Gasteiger partial charge in [-0.1, -0.05) is 37.3 Å². The molecule has 1 aromatic carbocycles. The van der Waals surface area contributed by atoms with Crippen LogP contribution in [-0.2, 0) is 5.54 Å². The van der Waals surface area contributed by atoms with Gasteiger partial charge in [0.25, 0.3) is 0 Å². The van der Waals surface area contributed by atoms with Crippen LogP contribution in [-0.4, -0.2) is 42.1 Å². The standard InChI is InChI=1S/C17H28N2S/c1-4-20-13-12-19-14-17(3,18-11-10-15(19)2)16-8-6-5-7-9-16/h5-9,15,18H,4,10-14H2,1-3H3. The molecule has 2 unspecified atom stereocenters. The lowest BCUT2D eigenvalue weighted by Gasteiger charge is -2.36. The molecule has 1 saturated heterocycles. The van der Waals surface area contributed by atoms with Crippen molar-refractivity contribution in [2.24, 2.45) is 0 Å². The number of thioether (sulfide) groups is 1. The van der Waals surface area contributed by atoms with Gasteiger partial charge in [-0.05, 0) is 38.1 Å². The second-order valence-corrected chi connectivity index (χ2v) is 7.32. The summed E-state index contributed by atoms with van der Waals surface area (Å²) < 4.78 is 0. The molecule has 1 aromatic rings. The normalized spacial score (nSPS) is 28.2. The van der Waals surface area contributed by atoms with Gasteiger partial charge >= 0.3 is 0 Å². The Morgan fingerprint density at radius 1 is 1.35 bits per heavy atom. The molecule has 0 aromatic heterocycles. The minimum Gasteiger partial charge on any atom is -0.306 e. The second kappa shape index (κ2) is 7.48. The van der Waals surface area contributed by atoms with E-state index < -0.39 is 0 Å². The molecule has 112 valence electrons. The number of nitrogens with one attached hydrogen (secondary N) is 1. The number of hydrogen-bond donors (Lipinski definition) is 1. The first-order valence-electron chi connectivity index (χ1n) is 7.78. The maximum absolute atomic E-state index is 3.78. The Morgan fingerprint density at radius 3 is 2.80 bits per heavy atom. The Bertz CT molecular complexity index is 395. The first-order valence-corrected chi connectivity index (χ1v) is 8.93. The van der Waals surface area contributed by atoms with Crippen molar-refractivity contribution in [2.45, 2.75) is 38.8 Å². The Labute approximate surface area is 128 Å². The molecule has 0 saturated carbocycles. The molecule has 0 radical (unpaired) electrons. The van der Waals surface area contributed by atoms with Crippen molar-refractivity contribution in [1.29, 1.82) is 0 Å². The first-order chi connectivity index (χ1) is 9.65. The second-order valence-electron chi connectivity index (χ2n) is 5.93. The van der Waals surface area contributed by atoms with Crippen molar-refractivity contribution >= 4 is 11.8 Å². The molecular weight excluding hydrogens is 264 g/mol. The molecule has 0 spiro atoms. The summed E-state index contributed by atoms with van der Waals surface area (Å²) in [5.41, 5.74) is 1.48. The molecular formula is C17H28N2S. The summed E-state index contributed by atoms with van der Waals surface area (Å²) in [5.74, 6) is 2.46. The highest BCUT2D eigenvalue weighted by atomic mass is 32.2. The van der Waals surface area contributed by atoms with Crippen molar-refractivity contribution < 1.29 is 0 Å². The molecule has 1 aliphatic heterocycles. The maximum Gasteiger partial charge on any atom is 0.0535 e. The lowest BCUT2D eigenvalue weighted by atomic mass is 9.91. The predicted molar refractivity (Wildman–Crippen MR) is 90.4 cm³/mol. The Hall–Kier alpha value is -0.510. The number of rotatable bonds is 5. The summed E-state index contributed by atoms with van der Waals surface area (Å²) in [6, 6.07) is 11.6. The van der Waals surface area contributed by atoms with Gasteiger partial charge in [-0.25, -0.2) is 0 Å². The van der Waals surface area contributed by atoms with Crippen LogP contribution in [0.15, 0.2) is 30.3 Å². The zero-order chi connectivity index (χ0) is 14.4. The Kier molecular flexibility index (Phi) is 5.94. The molecule has 1 N–H and O–H groups in total. The first kappa shape index (κ1) is 15.9. The molecule has 1 heterocycles. The Balaban J connectivity index is 2.10. The fraction of sp³-hybridized carbons (Fsp3) is 0.647. The number of hydrogen-bond acceptors (Lipinski definition) is 3. The van der Waals surface area contributed by atoms with Gasteiger partial charge in [0, 0.05) is 24.9 Å². The maximum atomic E-state index is 3.78. The summed E-state index contributed by atoms with van der Waals surface area (Å²) in [6.07, 6.45) is 1.24. The summed E-state index contributed by atoms with van der Waals surface area (Å²) in [6.45, 7) is 10.4. The summed E-state index contributed by atoms with van der Waals surface area (Å²) >= 11 is 2.04. The minimum absolute atomic E-state index is 0.0723. The fourth-order valence-electron chi connectivity index (χ4n) is 2.98. The van der Waals surface area contributed by atoms with Crippen LogP contribution >= 0.6 is 11.8 Å². The fourth-order valence-corrected chi connectivity index (χ4v) is 3.63. The van der Waals surface area contributed by atoms with Crippen molar-refractivity contribution in [2.75, 3.05) is 31.1 Å². The number of nitrogens with zero attached hydrogens (tertiary/aromatic N) is 1. The third-order valence-corrected chi connectivity index (χ3v) is 5.24. The van der Waals surface area contributed by atoms with E-state index in [2.05, 4.69) is 61.3 Å². The molecule has 20 heavy (non-hydrogen) atoms. The van der Waals surface area contributed by atoms with E-state index in [0.29, 0.717) is 6.04 Å². The third-order valence-electron chi connectivity index (χ3n) is 4.36. The van der Waals surface area contributed by atoms with Crippen LogP contribution < -0.4 is 5.32 Å². The van der Waals surface area contributed by atoms with E-state index in [1.807, 2.05) is 11.8 Å². The average molecular weight is 292 g/mol. The molecule has 0 bridgehead atoms. The summed E-state index contributed by atoms with van der Waals surface area (Å²) in [7, 11) is 0. The van der Waals surface area contributed by atoms with E-state index in [-0.39, 0.29) is 5.54 Å². The lowest BCUT2D eigenvalue weighted by Crippen LogP contribution is -2.48. The smallest absolute Gasteiger partial charge is 0.0535 e. The molecule has 3 heteroatoms. The Morgan fingerprint density at radius 2 is 2.10 bits per heavy atom.